The molecule has 0 aromatic rings. The highest BCUT2D eigenvalue weighted by Gasteiger charge is 2.72. The Morgan fingerprint density at radius 2 is 1.78 bits per heavy atom. The number of fused-ring (bicyclic) bond motifs is 2. The fourth-order valence-electron chi connectivity index (χ4n) is 7.34. The number of likely N-dealkylation sites (tertiary alicyclic amines) is 2. The van der Waals surface area contributed by atoms with Gasteiger partial charge in [0.2, 0.25) is 11.8 Å². The van der Waals surface area contributed by atoms with Crippen LogP contribution in [0, 0.1) is 5.92 Å². The van der Waals surface area contributed by atoms with Crippen LogP contribution in [0.3, 0.4) is 0 Å². The van der Waals surface area contributed by atoms with Crippen molar-refractivity contribution in [2.45, 2.75) is 121 Å². The summed E-state index contributed by atoms with van der Waals surface area (Å²) in [7, 11) is 1.66. The van der Waals surface area contributed by atoms with Gasteiger partial charge in [-0.15, -0.1) is 0 Å². The van der Waals surface area contributed by atoms with Crippen molar-refractivity contribution < 1.29 is 38.1 Å². The summed E-state index contributed by atoms with van der Waals surface area (Å²) in [5, 5.41) is 2.70. The number of nitrogens with one attached hydrogen (secondary N) is 1. The van der Waals surface area contributed by atoms with E-state index in [-0.39, 0.29) is 72.3 Å². The number of ketones is 1. The van der Waals surface area contributed by atoms with E-state index in [4.69, 9.17) is 18.9 Å². The lowest BCUT2D eigenvalue weighted by Gasteiger charge is -2.43. The van der Waals surface area contributed by atoms with E-state index >= 15 is 0 Å². The second-order valence-corrected chi connectivity index (χ2v) is 13.0. The third-order valence-electron chi connectivity index (χ3n) is 9.70. The summed E-state index contributed by atoms with van der Waals surface area (Å²) >= 11 is 0. The second-order valence-electron chi connectivity index (χ2n) is 13.0. The van der Waals surface area contributed by atoms with Crippen molar-refractivity contribution in [3.05, 3.63) is 11.6 Å². The number of nitrogens with zero attached hydrogens (tertiary/aromatic N) is 2. The number of Topliss-reactive ketones (excluding diaryl/α,β-unsaturated/α-hetero) is 1. The summed E-state index contributed by atoms with van der Waals surface area (Å²) in [5.74, 6) is -0.604. The number of carbonyl (C=O) groups excluding carboxylic acids is 4. The lowest BCUT2D eigenvalue weighted by molar-refractivity contribution is -0.138. The fraction of sp³-hybridized carbons (Fsp3) is 0.800. The summed E-state index contributed by atoms with van der Waals surface area (Å²) in [6, 6.07) is -0.945. The number of rotatable bonds is 10. The zero-order chi connectivity index (χ0) is 29.7. The van der Waals surface area contributed by atoms with Crippen molar-refractivity contribution in [3.63, 3.8) is 0 Å². The summed E-state index contributed by atoms with van der Waals surface area (Å²) in [6.07, 6.45) is 4.31. The minimum Gasteiger partial charge on any atom is -0.443 e. The molecule has 1 spiro atoms. The van der Waals surface area contributed by atoms with Crippen LogP contribution in [0.2, 0.25) is 0 Å². The zero-order valence-electron chi connectivity index (χ0n) is 25.1. The van der Waals surface area contributed by atoms with Crippen LogP contribution in [0.15, 0.2) is 11.6 Å². The quantitative estimate of drug-likeness (QED) is 0.310. The largest absolute Gasteiger partial charge is 0.443 e. The average molecular weight is 576 g/mol. The van der Waals surface area contributed by atoms with Gasteiger partial charge in [-0.2, -0.15) is 0 Å². The first kappa shape index (κ1) is 30.0. The van der Waals surface area contributed by atoms with Crippen LogP contribution in [-0.4, -0.2) is 108 Å². The summed E-state index contributed by atoms with van der Waals surface area (Å²) in [5.41, 5.74) is 0.562. The molecule has 4 saturated heterocycles. The smallest absolute Gasteiger partial charge is 0.410 e. The Morgan fingerprint density at radius 3 is 2.37 bits per heavy atom. The Bertz CT molecular complexity index is 1100. The van der Waals surface area contributed by atoms with Gasteiger partial charge in [-0.3, -0.25) is 9.59 Å². The van der Waals surface area contributed by atoms with E-state index < -0.39 is 17.7 Å². The molecule has 4 aliphatic heterocycles. The Kier molecular flexibility index (Phi) is 8.26. The lowest BCUT2D eigenvalue weighted by Crippen LogP contribution is -2.58. The van der Waals surface area contributed by atoms with Crippen molar-refractivity contribution in [2.24, 2.45) is 5.92 Å². The number of epoxide rings is 2. The number of allylic oxidation sites excluding steroid dienone is 1. The molecule has 9 atom stereocenters. The molecule has 1 N–H and O–H groups in total. The molecule has 2 bridgehead atoms. The van der Waals surface area contributed by atoms with E-state index in [1.54, 1.807) is 23.8 Å². The first-order valence-electron chi connectivity index (χ1n) is 14.9. The van der Waals surface area contributed by atoms with Crippen LogP contribution in [-0.2, 0) is 33.3 Å². The van der Waals surface area contributed by atoms with Gasteiger partial charge in [0, 0.05) is 33.0 Å². The van der Waals surface area contributed by atoms with E-state index in [1.807, 2.05) is 0 Å². The zero-order valence-corrected chi connectivity index (χ0v) is 25.1. The fourth-order valence-corrected chi connectivity index (χ4v) is 7.34. The van der Waals surface area contributed by atoms with Gasteiger partial charge in [0.1, 0.15) is 35.2 Å². The molecule has 4 heterocycles. The molecule has 228 valence electrons. The van der Waals surface area contributed by atoms with Crippen molar-refractivity contribution in [2.75, 3.05) is 26.8 Å². The highest BCUT2D eigenvalue weighted by molar-refractivity contribution is 5.89. The summed E-state index contributed by atoms with van der Waals surface area (Å²) in [6.45, 7) is 10.8. The van der Waals surface area contributed by atoms with Crippen LogP contribution < -0.4 is 5.32 Å². The van der Waals surface area contributed by atoms with E-state index in [0.29, 0.717) is 32.5 Å². The predicted octanol–water partition coefficient (Wildman–Crippen LogP) is 2.36. The van der Waals surface area contributed by atoms with Crippen LogP contribution in [0.1, 0.15) is 73.1 Å². The summed E-state index contributed by atoms with van der Waals surface area (Å²) < 4.78 is 24.4. The average Bonchev–Trinajstić information content (AvgIpc) is 3.72. The van der Waals surface area contributed by atoms with Crippen molar-refractivity contribution >= 4 is 23.7 Å². The van der Waals surface area contributed by atoms with Gasteiger partial charge < -0.3 is 38.9 Å². The normalized spacial score (nSPS) is 37.5. The molecule has 1 saturated carbocycles. The van der Waals surface area contributed by atoms with Crippen LogP contribution in [0.25, 0.3) is 0 Å². The minimum atomic E-state index is -0.695. The van der Waals surface area contributed by atoms with Gasteiger partial charge in [-0.25, -0.2) is 4.79 Å². The van der Waals surface area contributed by atoms with Gasteiger partial charge in [-0.1, -0.05) is 11.6 Å². The first-order chi connectivity index (χ1) is 19.4. The molecular formula is C30H45N3O8. The molecule has 5 fully saturated rings. The number of methoxy groups -OCH3 is 1. The molecule has 11 nitrogen and oxygen atoms in total. The van der Waals surface area contributed by atoms with Gasteiger partial charge in [0.15, 0.2) is 0 Å². The molecule has 0 aromatic heterocycles. The highest BCUT2D eigenvalue weighted by atomic mass is 16.6. The SMILES string of the molecule is CO[C@@H]1[C@H](OC(=O)N2C[C@@H]3C[C@H]2CN3C(=O)[C@H](C)NC(=O)CCC(C)=O)CC[C@]2(CO2)[C@H]1[C@@]1(C)O[C@@H]1CC=C(C)C. The lowest BCUT2D eigenvalue weighted by atomic mass is 9.68. The van der Waals surface area contributed by atoms with Gasteiger partial charge in [0.05, 0.1) is 30.7 Å². The van der Waals surface area contributed by atoms with E-state index in [2.05, 4.69) is 32.2 Å². The Hall–Kier alpha value is -2.50. The molecule has 0 unspecified atom stereocenters. The molecule has 3 amide bonds. The number of carbonyl (C=O) groups is 4. The van der Waals surface area contributed by atoms with Crippen LogP contribution in [0.4, 0.5) is 4.79 Å². The highest BCUT2D eigenvalue weighted by Crippen LogP contribution is 2.59. The Labute approximate surface area is 242 Å². The standard InChI is InChI=1S/C30H45N3O8/c1-17(2)7-9-23-29(5,41-23)26-25(38-6)22(11-12-30(26)16-39-30)40-28(37)33-15-20-13-21(33)14-32(20)27(36)19(4)31-24(35)10-8-18(3)34/h7,19-23,25-26H,8-16H2,1-6H3,(H,31,35)/t19-,20-,21-,22+,23+,25+,26+,29-,30-/m0/s1. The second kappa shape index (κ2) is 11.3. The van der Waals surface area contributed by atoms with E-state index in [1.165, 1.54) is 12.5 Å². The Morgan fingerprint density at radius 1 is 1.10 bits per heavy atom. The molecule has 5 rings (SSSR count). The topological polar surface area (TPSA) is 130 Å². The Balaban J connectivity index is 1.17. The number of hydrogen-bond donors (Lipinski definition) is 1. The number of ether oxygens (including phenoxy) is 4. The van der Waals surface area contributed by atoms with Crippen LogP contribution in [0.5, 0.6) is 0 Å². The third-order valence-corrected chi connectivity index (χ3v) is 9.70. The van der Waals surface area contributed by atoms with Crippen LogP contribution >= 0.6 is 0 Å². The first-order valence-corrected chi connectivity index (χ1v) is 14.9. The molecule has 0 aromatic carbocycles. The van der Waals surface area contributed by atoms with Gasteiger partial charge in [-0.05, 0) is 60.3 Å². The van der Waals surface area contributed by atoms with E-state index in [9.17, 15) is 19.2 Å². The molecule has 0 radical (unpaired) electrons. The number of hydrogen-bond acceptors (Lipinski definition) is 8. The molecule has 1 aliphatic carbocycles. The van der Waals surface area contributed by atoms with Crippen molar-refractivity contribution in [1.29, 1.82) is 0 Å². The molecular weight excluding hydrogens is 530 g/mol. The van der Waals surface area contributed by atoms with E-state index in [0.717, 1.165) is 12.8 Å². The molecule has 5 aliphatic rings. The number of piperazine rings is 1. The van der Waals surface area contributed by atoms with Crippen molar-refractivity contribution in [3.8, 4) is 0 Å². The maximum Gasteiger partial charge on any atom is 0.410 e. The summed E-state index contributed by atoms with van der Waals surface area (Å²) in [4.78, 5) is 53.2. The minimum absolute atomic E-state index is 0.0441. The maximum atomic E-state index is 13.4. The monoisotopic (exact) mass is 575 g/mol. The molecule has 41 heavy (non-hydrogen) atoms. The van der Waals surface area contributed by atoms with Crippen molar-refractivity contribution in [1.82, 2.24) is 15.1 Å². The maximum absolute atomic E-state index is 13.4. The van der Waals surface area contributed by atoms with Gasteiger partial charge >= 0.3 is 6.09 Å². The third kappa shape index (κ3) is 5.90. The molecule has 11 heteroatoms. The predicted molar refractivity (Wildman–Crippen MR) is 148 cm³/mol. The van der Waals surface area contributed by atoms with Gasteiger partial charge in [0.25, 0.3) is 0 Å². The number of amides is 3.